The van der Waals surface area contributed by atoms with E-state index >= 15 is 0 Å². The van der Waals surface area contributed by atoms with Crippen molar-refractivity contribution in [3.05, 3.63) is 27.2 Å². The smallest absolute Gasteiger partial charge is 0.207 e. The summed E-state index contributed by atoms with van der Waals surface area (Å²) in [6.07, 6.45) is 1.63. The van der Waals surface area contributed by atoms with Crippen LogP contribution in [0.2, 0.25) is 15.1 Å². The van der Waals surface area contributed by atoms with Gasteiger partial charge in [-0.25, -0.2) is 4.99 Å². The van der Waals surface area contributed by atoms with Gasteiger partial charge in [0.05, 0.1) is 20.8 Å². The van der Waals surface area contributed by atoms with Crippen molar-refractivity contribution in [2.75, 3.05) is 0 Å². The molecule has 0 radical (unpaired) electrons. The molecule has 0 aliphatic heterocycles. The van der Waals surface area contributed by atoms with E-state index in [1.165, 1.54) is 6.07 Å². The number of halogens is 3. The Morgan fingerprint density at radius 2 is 2.00 bits per heavy atom. The Hall–Kier alpha value is -1.15. The maximum atomic E-state index is 8.28. The first kappa shape index (κ1) is 11.9. The van der Waals surface area contributed by atoms with Gasteiger partial charge in [-0.05, 0) is 12.1 Å². The van der Waals surface area contributed by atoms with E-state index in [0.717, 1.165) is 0 Å². The molecule has 0 bridgehead atoms. The largest absolute Gasteiger partial charge is 0.369 e. The highest BCUT2D eigenvalue weighted by Crippen LogP contribution is 2.36. The molecule has 1 rings (SSSR count). The second-order valence-electron chi connectivity index (χ2n) is 2.43. The Labute approximate surface area is 101 Å². The molecule has 0 atom stereocenters. The van der Waals surface area contributed by atoms with Gasteiger partial charge in [-0.2, -0.15) is 5.26 Å². The van der Waals surface area contributed by atoms with E-state index in [-0.39, 0.29) is 16.0 Å². The summed E-state index contributed by atoms with van der Waals surface area (Å²) in [4.78, 5) is 3.84. The summed E-state index contributed by atoms with van der Waals surface area (Å²) in [5.74, 6) is -0.0715. The number of benzene rings is 1. The highest BCUT2D eigenvalue weighted by atomic mass is 35.5. The Morgan fingerprint density at radius 3 is 2.60 bits per heavy atom. The van der Waals surface area contributed by atoms with Gasteiger partial charge >= 0.3 is 0 Å². The summed E-state index contributed by atoms with van der Waals surface area (Å²) < 4.78 is 0. The second-order valence-corrected chi connectivity index (χ2v) is 3.59. The number of nitriles is 1. The Bertz CT molecular complexity index is 450. The van der Waals surface area contributed by atoms with Gasteiger partial charge < -0.3 is 5.73 Å². The lowest BCUT2D eigenvalue weighted by Gasteiger charge is -2.03. The van der Waals surface area contributed by atoms with Gasteiger partial charge in [-0.3, -0.25) is 5.32 Å². The number of aliphatic imine (C=N–C) groups is 1. The maximum Gasteiger partial charge on any atom is 0.207 e. The fourth-order valence-corrected chi connectivity index (χ4v) is 1.39. The zero-order valence-electron chi connectivity index (χ0n) is 7.26. The average Bonchev–Trinajstić information content (AvgIpc) is 2.20. The molecule has 0 aromatic heterocycles. The number of rotatable bonds is 1. The third-order valence-electron chi connectivity index (χ3n) is 1.44. The van der Waals surface area contributed by atoms with Crippen LogP contribution in [0.4, 0.5) is 5.69 Å². The van der Waals surface area contributed by atoms with Crippen LogP contribution in [0.15, 0.2) is 17.1 Å². The average molecular weight is 264 g/mol. The van der Waals surface area contributed by atoms with E-state index < -0.39 is 0 Å². The van der Waals surface area contributed by atoms with Crippen LogP contribution >= 0.6 is 34.8 Å². The topological polar surface area (TPSA) is 74.2 Å². The molecule has 0 fully saturated rings. The van der Waals surface area contributed by atoms with Crippen LogP contribution in [0.25, 0.3) is 0 Å². The fraction of sp³-hybridized carbons (Fsp3) is 0. The lowest BCUT2D eigenvalue weighted by molar-refractivity contribution is 1.22. The van der Waals surface area contributed by atoms with Gasteiger partial charge in [-0.1, -0.05) is 34.8 Å². The van der Waals surface area contributed by atoms with E-state index in [4.69, 9.17) is 45.8 Å². The fourth-order valence-electron chi connectivity index (χ4n) is 0.817. The van der Waals surface area contributed by atoms with Gasteiger partial charge in [0.2, 0.25) is 5.96 Å². The molecule has 0 aliphatic rings. The zero-order chi connectivity index (χ0) is 11.4. The number of nitrogens with zero attached hydrogens (tertiary/aromatic N) is 2. The molecule has 0 spiro atoms. The maximum absolute atomic E-state index is 8.28. The minimum atomic E-state index is -0.0715. The number of hydrogen-bond acceptors (Lipinski definition) is 2. The van der Waals surface area contributed by atoms with Crippen molar-refractivity contribution in [1.82, 2.24) is 5.32 Å². The lowest BCUT2D eigenvalue weighted by atomic mass is 10.3. The third-order valence-corrected chi connectivity index (χ3v) is 2.72. The van der Waals surface area contributed by atoms with Crippen molar-refractivity contribution in [3.63, 3.8) is 0 Å². The second kappa shape index (κ2) is 5.08. The van der Waals surface area contributed by atoms with E-state index in [9.17, 15) is 0 Å². The number of nitrogens with two attached hydrogens (primary N) is 1. The van der Waals surface area contributed by atoms with Crippen LogP contribution < -0.4 is 11.1 Å². The summed E-state index contributed by atoms with van der Waals surface area (Å²) in [5.41, 5.74) is 5.69. The van der Waals surface area contributed by atoms with Crippen molar-refractivity contribution >= 4 is 46.4 Å². The molecule has 78 valence electrons. The third kappa shape index (κ3) is 2.90. The minimum Gasteiger partial charge on any atom is -0.369 e. The zero-order valence-corrected chi connectivity index (χ0v) is 9.53. The summed E-state index contributed by atoms with van der Waals surface area (Å²) in [7, 11) is 0. The Kier molecular flexibility index (Phi) is 4.04. The molecule has 0 saturated carbocycles. The predicted molar refractivity (Wildman–Crippen MR) is 61.5 cm³/mol. The van der Waals surface area contributed by atoms with Gasteiger partial charge in [0, 0.05) is 0 Å². The Balaban J connectivity index is 3.13. The number of guanidine groups is 1. The van der Waals surface area contributed by atoms with Crippen molar-refractivity contribution in [2.24, 2.45) is 10.7 Å². The van der Waals surface area contributed by atoms with Gasteiger partial charge in [0.15, 0.2) is 6.19 Å². The first-order chi connectivity index (χ1) is 7.06. The van der Waals surface area contributed by atoms with Crippen LogP contribution in [0.1, 0.15) is 0 Å². The monoisotopic (exact) mass is 262 g/mol. The Morgan fingerprint density at radius 1 is 1.33 bits per heavy atom. The van der Waals surface area contributed by atoms with Crippen LogP contribution in [-0.2, 0) is 0 Å². The van der Waals surface area contributed by atoms with Gasteiger partial charge in [0.25, 0.3) is 0 Å². The van der Waals surface area contributed by atoms with Crippen molar-refractivity contribution in [2.45, 2.75) is 0 Å². The summed E-state index contributed by atoms with van der Waals surface area (Å²) in [5, 5.41) is 11.1. The van der Waals surface area contributed by atoms with Crippen LogP contribution in [0.3, 0.4) is 0 Å². The molecular weight excluding hydrogens is 258 g/mol. The molecule has 3 N–H and O–H groups in total. The minimum absolute atomic E-state index is 0.0715. The van der Waals surface area contributed by atoms with E-state index in [1.807, 2.05) is 0 Å². The normalized spacial score (nSPS) is 10.9. The van der Waals surface area contributed by atoms with E-state index in [0.29, 0.717) is 10.7 Å². The molecule has 0 aliphatic carbocycles. The molecule has 0 unspecified atom stereocenters. The van der Waals surface area contributed by atoms with Crippen LogP contribution in [-0.4, -0.2) is 5.96 Å². The molecule has 1 aromatic carbocycles. The standard InChI is InChI=1S/C8H5Cl3N4/c9-4-1-2-5(7(11)6(4)10)15-8(13)14-3-12/h1-2H,(H3,13,14,15). The SMILES string of the molecule is N#CNC(N)=Nc1ccc(Cl)c(Cl)c1Cl. The molecule has 0 amide bonds. The van der Waals surface area contributed by atoms with Gasteiger partial charge in [0.1, 0.15) is 0 Å². The summed E-state index contributed by atoms with van der Waals surface area (Å²) in [6.45, 7) is 0. The highest BCUT2D eigenvalue weighted by molar-refractivity contribution is 6.49. The summed E-state index contributed by atoms with van der Waals surface area (Å²) >= 11 is 17.4. The molecule has 15 heavy (non-hydrogen) atoms. The molecule has 7 heteroatoms. The first-order valence-corrected chi connectivity index (χ1v) is 4.82. The lowest BCUT2D eigenvalue weighted by Crippen LogP contribution is -2.26. The molecule has 0 heterocycles. The van der Waals surface area contributed by atoms with Crippen LogP contribution in [0, 0.1) is 11.5 Å². The number of hydrogen-bond donors (Lipinski definition) is 2. The first-order valence-electron chi connectivity index (χ1n) is 3.69. The van der Waals surface area contributed by atoms with Crippen LogP contribution in [0.5, 0.6) is 0 Å². The van der Waals surface area contributed by atoms with Crippen molar-refractivity contribution in [3.8, 4) is 6.19 Å². The molecular formula is C8H5Cl3N4. The van der Waals surface area contributed by atoms with E-state index in [1.54, 1.807) is 12.3 Å². The van der Waals surface area contributed by atoms with Crippen molar-refractivity contribution in [1.29, 1.82) is 5.26 Å². The molecule has 4 nitrogen and oxygen atoms in total. The molecule has 1 aromatic rings. The van der Waals surface area contributed by atoms with Gasteiger partial charge in [-0.15, -0.1) is 0 Å². The predicted octanol–water partition coefficient (Wildman–Crippen LogP) is 2.66. The molecule has 0 saturated heterocycles. The summed E-state index contributed by atoms with van der Waals surface area (Å²) in [6, 6.07) is 3.08. The number of nitrogens with one attached hydrogen (secondary N) is 1. The quantitative estimate of drug-likeness (QED) is 0.269. The highest BCUT2D eigenvalue weighted by Gasteiger charge is 2.08. The van der Waals surface area contributed by atoms with E-state index in [2.05, 4.69) is 10.3 Å². The van der Waals surface area contributed by atoms with Crippen molar-refractivity contribution < 1.29 is 0 Å².